The lowest BCUT2D eigenvalue weighted by molar-refractivity contribution is -0.173. The van der Waals surface area contributed by atoms with Crippen molar-refractivity contribution in [3.05, 3.63) is 18.2 Å². The van der Waals surface area contributed by atoms with Crippen molar-refractivity contribution >= 4 is 45.1 Å². The van der Waals surface area contributed by atoms with Crippen LogP contribution in [0.15, 0.2) is 22.5 Å². The number of thioether (sulfide) groups is 1. The molecule has 2 aromatic rings. The van der Waals surface area contributed by atoms with Crippen LogP contribution in [0.25, 0.3) is 10.2 Å². The Morgan fingerprint density at radius 3 is 2.89 bits per heavy atom. The maximum atomic E-state index is 12.2. The summed E-state index contributed by atoms with van der Waals surface area (Å²) < 4.78 is 13.4. The Kier molecular flexibility index (Phi) is 5.41. The highest BCUT2D eigenvalue weighted by molar-refractivity contribution is 8.01. The molecule has 144 valence electrons. The van der Waals surface area contributed by atoms with E-state index in [1.807, 2.05) is 25.1 Å². The zero-order chi connectivity index (χ0) is 18.9. The van der Waals surface area contributed by atoms with E-state index in [4.69, 9.17) is 14.5 Å². The van der Waals surface area contributed by atoms with Crippen molar-refractivity contribution in [1.29, 1.82) is 0 Å². The number of hydrogen-bond donors (Lipinski definition) is 0. The molecule has 4 rings (SSSR count). The molecule has 1 aromatic heterocycles. The number of nitrogens with zero attached hydrogens (tertiary/aromatic N) is 1. The Morgan fingerprint density at radius 2 is 2.15 bits per heavy atom. The number of aromatic nitrogens is 1. The molecule has 1 unspecified atom stereocenters. The van der Waals surface area contributed by atoms with Crippen molar-refractivity contribution in [3.8, 4) is 5.75 Å². The van der Waals surface area contributed by atoms with Crippen LogP contribution in [0, 0.1) is 5.92 Å². The molecule has 0 amide bonds. The van der Waals surface area contributed by atoms with E-state index in [9.17, 15) is 9.59 Å². The van der Waals surface area contributed by atoms with Crippen molar-refractivity contribution in [2.24, 2.45) is 5.92 Å². The maximum Gasteiger partial charge on any atom is 0.313 e. The van der Waals surface area contributed by atoms with Gasteiger partial charge in [0.05, 0.1) is 16.8 Å². The minimum absolute atomic E-state index is 0.00408. The molecule has 2 heterocycles. The highest BCUT2D eigenvalue weighted by Gasteiger charge is 2.48. The monoisotopic (exact) mass is 405 g/mol. The number of rotatable bonds is 6. The van der Waals surface area contributed by atoms with Crippen molar-refractivity contribution in [3.63, 3.8) is 0 Å². The standard InChI is InChI=1S/C20H23NO4S2/c1-2-24-15-7-8-16-17(10-15)27-19(21-16)26-12-20(13-5-3-4-6-13)11-14(22)9-18(23)25-20/h7-8,10,13H,2-6,9,11-12H2,1H3. The number of esters is 1. The van der Waals surface area contributed by atoms with Gasteiger partial charge in [0.15, 0.2) is 4.34 Å². The van der Waals surface area contributed by atoms with E-state index in [0.29, 0.717) is 18.8 Å². The highest BCUT2D eigenvalue weighted by atomic mass is 32.2. The third-order valence-electron chi connectivity index (χ3n) is 5.35. The zero-order valence-corrected chi connectivity index (χ0v) is 17.0. The van der Waals surface area contributed by atoms with E-state index in [1.165, 1.54) is 0 Å². The fraction of sp³-hybridized carbons (Fsp3) is 0.550. The Labute approximate surface area is 166 Å². The molecule has 7 heteroatoms. The predicted octanol–water partition coefficient (Wildman–Crippen LogP) is 4.62. The number of carbonyl (C=O) groups is 2. The lowest BCUT2D eigenvalue weighted by Crippen LogP contribution is -2.49. The summed E-state index contributed by atoms with van der Waals surface area (Å²) in [5, 5.41) is 0. The second-order valence-corrected chi connectivity index (χ2v) is 9.50. The molecule has 0 bridgehead atoms. The second kappa shape index (κ2) is 7.80. The van der Waals surface area contributed by atoms with Crippen LogP contribution >= 0.6 is 23.1 Å². The quantitative estimate of drug-likeness (QED) is 0.397. The number of ether oxygens (including phenoxy) is 2. The van der Waals surface area contributed by atoms with E-state index in [0.717, 1.165) is 46.0 Å². The SMILES string of the molecule is CCOc1ccc2nc(SCC3(C4CCCC4)CC(=O)CC(=O)O3)sc2c1. The van der Waals surface area contributed by atoms with Crippen molar-refractivity contribution in [2.75, 3.05) is 12.4 Å². The summed E-state index contributed by atoms with van der Waals surface area (Å²) in [5.41, 5.74) is 0.277. The Hall–Kier alpha value is -1.60. The smallest absolute Gasteiger partial charge is 0.313 e. The zero-order valence-electron chi connectivity index (χ0n) is 15.4. The first-order valence-electron chi connectivity index (χ1n) is 9.48. The van der Waals surface area contributed by atoms with Crippen LogP contribution in [0.2, 0.25) is 0 Å². The molecule has 2 aliphatic rings. The first-order chi connectivity index (χ1) is 13.1. The van der Waals surface area contributed by atoms with Gasteiger partial charge >= 0.3 is 5.97 Å². The molecular weight excluding hydrogens is 382 g/mol. The van der Waals surface area contributed by atoms with Gasteiger partial charge in [0.1, 0.15) is 23.6 Å². The number of hydrogen-bond acceptors (Lipinski definition) is 7. The topological polar surface area (TPSA) is 65.5 Å². The van der Waals surface area contributed by atoms with Gasteiger partial charge < -0.3 is 9.47 Å². The van der Waals surface area contributed by atoms with Gasteiger partial charge in [-0.25, -0.2) is 4.98 Å². The number of ketones is 1. The van der Waals surface area contributed by atoms with E-state index in [-0.39, 0.29) is 24.1 Å². The van der Waals surface area contributed by atoms with E-state index in [1.54, 1.807) is 23.1 Å². The normalized spacial score (nSPS) is 23.7. The lowest BCUT2D eigenvalue weighted by Gasteiger charge is -2.40. The van der Waals surface area contributed by atoms with E-state index >= 15 is 0 Å². The molecule has 2 fully saturated rings. The van der Waals surface area contributed by atoms with E-state index in [2.05, 4.69) is 0 Å². The van der Waals surface area contributed by atoms with Gasteiger partial charge in [0.25, 0.3) is 0 Å². The van der Waals surface area contributed by atoms with Gasteiger partial charge in [0, 0.05) is 18.1 Å². The van der Waals surface area contributed by atoms with Crippen LogP contribution in [0.3, 0.4) is 0 Å². The summed E-state index contributed by atoms with van der Waals surface area (Å²) in [7, 11) is 0. The first-order valence-corrected chi connectivity index (χ1v) is 11.3. The Balaban J connectivity index is 1.54. The van der Waals surface area contributed by atoms with Gasteiger partial charge in [-0.3, -0.25) is 9.59 Å². The van der Waals surface area contributed by atoms with Crippen molar-refractivity contribution in [2.45, 2.75) is 55.4 Å². The summed E-state index contributed by atoms with van der Waals surface area (Å²) in [5.74, 6) is 1.35. The minimum atomic E-state index is -0.665. The molecule has 0 N–H and O–H groups in total. The predicted molar refractivity (Wildman–Crippen MR) is 107 cm³/mol. The molecule has 1 saturated carbocycles. The average molecular weight is 406 g/mol. The van der Waals surface area contributed by atoms with Crippen LogP contribution in [0.1, 0.15) is 45.4 Å². The number of cyclic esters (lactones) is 1. The summed E-state index contributed by atoms with van der Waals surface area (Å²) >= 11 is 3.21. The minimum Gasteiger partial charge on any atom is -0.494 e. The summed E-state index contributed by atoms with van der Waals surface area (Å²) in [6.45, 7) is 2.60. The average Bonchev–Trinajstić information content (AvgIpc) is 3.29. The fourth-order valence-corrected chi connectivity index (χ4v) is 6.45. The molecule has 1 atom stereocenters. The molecular formula is C20H23NO4S2. The van der Waals surface area contributed by atoms with Gasteiger partial charge in [-0.15, -0.1) is 11.3 Å². The highest BCUT2D eigenvalue weighted by Crippen LogP contribution is 2.45. The van der Waals surface area contributed by atoms with Gasteiger partial charge in [-0.05, 0) is 38.0 Å². The van der Waals surface area contributed by atoms with Crippen molar-refractivity contribution in [1.82, 2.24) is 4.98 Å². The third kappa shape index (κ3) is 3.99. The molecule has 0 spiro atoms. The number of Topliss-reactive ketones (excluding diaryl/α,β-unsaturated/α-hetero) is 1. The number of carbonyl (C=O) groups excluding carboxylic acids is 2. The molecule has 5 nitrogen and oxygen atoms in total. The Morgan fingerprint density at radius 1 is 1.33 bits per heavy atom. The maximum absolute atomic E-state index is 12.2. The lowest BCUT2D eigenvalue weighted by atomic mass is 9.81. The molecule has 1 aliphatic heterocycles. The van der Waals surface area contributed by atoms with Gasteiger partial charge in [-0.2, -0.15) is 0 Å². The first kappa shape index (κ1) is 18.7. The Bertz CT molecular complexity index is 841. The summed E-state index contributed by atoms with van der Waals surface area (Å²) in [6, 6.07) is 5.91. The van der Waals surface area contributed by atoms with Crippen LogP contribution in [0.4, 0.5) is 0 Å². The fourth-order valence-electron chi connectivity index (χ4n) is 4.12. The van der Waals surface area contributed by atoms with Crippen molar-refractivity contribution < 1.29 is 19.1 Å². The molecule has 1 aliphatic carbocycles. The molecule has 27 heavy (non-hydrogen) atoms. The molecule has 0 radical (unpaired) electrons. The van der Waals surface area contributed by atoms with E-state index < -0.39 is 5.60 Å². The largest absolute Gasteiger partial charge is 0.494 e. The van der Waals surface area contributed by atoms with Gasteiger partial charge in [0.2, 0.25) is 0 Å². The number of benzene rings is 1. The molecule has 1 aromatic carbocycles. The number of fused-ring (bicyclic) bond motifs is 1. The van der Waals surface area contributed by atoms with Crippen LogP contribution in [-0.4, -0.2) is 34.7 Å². The summed E-state index contributed by atoms with van der Waals surface area (Å²) in [4.78, 5) is 28.9. The van der Waals surface area contributed by atoms with Crippen LogP contribution in [0.5, 0.6) is 5.75 Å². The molecule has 1 saturated heterocycles. The third-order valence-corrected chi connectivity index (χ3v) is 7.73. The van der Waals surface area contributed by atoms with Gasteiger partial charge in [-0.1, -0.05) is 24.6 Å². The second-order valence-electron chi connectivity index (χ2n) is 7.24. The van der Waals surface area contributed by atoms with Crippen LogP contribution in [-0.2, 0) is 14.3 Å². The summed E-state index contributed by atoms with van der Waals surface area (Å²) in [6.07, 6.45) is 4.60. The van der Waals surface area contributed by atoms with Crippen LogP contribution < -0.4 is 4.74 Å². The number of thiazole rings is 1.